The van der Waals surface area contributed by atoms with E-state index in [0.717, 1.165) is 40.1 Å². The van der Waals surface area contributed by atoms with E-state index in [4.69, 9.17) is 18.9 Å². The summed E-state index contributed by atoms with van der Waals surface area (Å²) in [6.45, 7) is 5.93. The second-order valence-electron chi connectivity index (χ2n) is 9.67. The van der Waals surface area contributed by atoms with Gasteiger partial charge in [-0.3, -0.25) is 4.79 Å². The lowest BCUT2D eigenvalue weighted by atomic mass is 10.1. The van der Waals surface area contributed by atoms with Gasteiger partial charge < -0.3 is 29.2 Å². The molecule has 2 aromatic heterocycles. The van der Waals surface area contributed by atoms with Gasteiger partial charge in [-0.05, 0) is 47.4 Å². The Kier molecular flexibility index (Phi) is 7.52. The van der Waals surface area contributed by atoms with Crippen molar-refractivity contribution in [2.45, 2.75) is 25.0 Å². The Balaban J connectivity index is 1.32. The number of ether oxygens (including phenoxy) is 4. The van der Waals surface area contributed by atoms with Crippen molar-refractivity contribution in [2.24, 2.45) is 0 Å². The number of fused-ring (bicyclic) bond motifs is 1. The first kappa shape index (κ1) is 26.1. The maximum absolute atomic E-state index is 11.8. The molecule has 0 radical (unpaired) electrons. The molecule has 9 nitrogen and oxygen atoms in total. The molecule has 2 aliphatic heterocycles. The minimum Gasteiger partial charge on any atom is -0.493 e. The third kappa shape index (κ3) is 5.45. The number of nitrogens with one attached hydrogen (secondary N) is 1. The van der Waals surface area contributed by atoms with E-state index >= 15 is 0 Å². The van der Waals surface area contributed by atoms with Crippen LogP contribution in [0.4, 0.5) is 11.5 Å². The maximum atomic E-state index is 11.8. The van der Waals surface area contributed by atoms with Crippen molar-refractivity contribution >= 4 is 39.7 Å². The molecule has 0 unspecified atom stereocenters. The fourth-order valence-corrected chi connectivity index (χ4v) is 5.57. The van der Waals surface area contributed by atoms with E-state index in [0.29, 0.717) is 49.1 Å². The third-order valence-electron chi connectivity index (χ3n) is 7.05. The van der Waals surface area contributed by atoms with Crippen molar-refractivity contribution in [3.8, 4) is 27.7 Å². The summed E-state index contributed by atoms with van der Waals surface area (Å²) in [5, 5.41) is 6.36. The van der Waals surface area contributed by atoms with Gasteiger partial charge in [0, 0.05) is 29.2 Å². The molecule has 40 heavy (non-hydrogen) atoms. The largest absolute Gasteiger partial charge is 0.493 e. The second kappa shape index (κ2) is 11.5. The quantitative estimate of drug-likeness (QED) is 0.271. The molecular formula is C30H30N4O5S. The number of nitrogens with zero attached hydrogens (tertiary/aromatic N) is 3. The van der Waals surface area contributed by atoms with Gasteiger partial charge in [0.1, 0.15) is 30.1 Å². The van der Waals surface area contributed by atoms with Gasteiger partial charge in [0.15, 0.2) is 11.5 Å². The van der Waals surface area contributed by atoms with Gasteiger partial charge in [0.05, 0.1) is 44.6 Å². The fourth-order valence-electron chi connectivity index (χ4n) is 4.84. The van der Waals surface area contributed by atoms with Crippen LogP contribution in [0.2, 0.25) is 0 Å². The van der Waals surface area contributed by atoms with Gasteiger partial charge in [0.2, 0.25) is 5.91 Å². The zero-order valence-electron chi connectivity index (χ0n) is 22.2. The average Bonchev–Trinajstić information content (AvgIpc) is 3.51. The van der Waals surface area contributed by atoms with Crippen LogP contribution < -0.4 is 19.5 Å². The van der Waals surface area contributed by atoms with Crippen molar-refractivity contribution in [3.63, 3.8) is 0 Å². The Morgan fingerprint density at radius 2 is 1.90 bits per heavy atom. The summed E-state index contributed by atoms with van der Waals surface area (Å²) in [7, 11) is 1.60. The number of rotatable bonds is 9. The SMILES string of the molecule is C=CC(=O)N1CC(Oc2cc3c(Nc4cc(-c5cccs5)ccc4OC4CCOCC4)ncnc3cc2OC)C1. The number of thiophene rings is 1. The molecular weight excluding hydrogens is 528 g/mol. The molecule has 2 fully saturated rings. The van der Waals surface area contributed by atoms with Crippen molar-refractivity contribution in [1.82, 2.24) is 14.9 Å². The molecule has 4 heterocycles. The normalized spacial score (nSPS) is 15.9. The van der Waals surface area contributed by atoms with Gasteiger partial charge >= 0.3 is 0 Å². The topological polar surface area (TPSA) is 95.0 Å². The predicted molar refractivity (Wildman–Crippen MR) is 155 cm³/mol. The third-order valence-corrected chi connectivity index (χ3v) is 7.97. The molecule has 2 aliphatic rings. The lowest BCUT2D eigenvalue weighted by Crippen LogP contribution is -2.55. The summed E-state index contributed by atoms with van der Waals surface area (Å²) in [5.41, 5.74) is 2.61. The zero-order valence-corrected chi connectivity index (χ0v) is 23.0. The van der Waals surface area contributed by atoms with Gasteiger partial charge in [-0.25, -0.2) is 9.97 Å². The highest BCUT2D eigenvalue weighted by Crippen LogP contribution is 2.39. The molecule has 1 N–H and O–H groups in total. The number of methoxy groups -OCH3 is 1. The fraction of sp³-hybridized carbons (Fsp3) is 0.300. The first-order valence-electron chi connectivity index (χ1n) is 13.2. The molecule has 0 spiro atoms. The van der Waals surface area contributed by atoms with E-state index in [9.17, 15) is 4.79 Å². The molecule has 206 valence electrons. The number of carbonyl (C=O) groups is 1. The molecule has 2 saturated heterocycles. The minimum absolute atomic E-state index is 0.0864. The summed E-state index contributed by atoms with van der Waals surface area (Å²) in [5.74, 6) is 2.40. The summed E-state index contributed by atoms with van der Waals surface area (Å²) in [4.78, 5) is 23.8. The molecule has 4 aromatic rings. The molecule has 0 atom stereocenters. The summed E-state index contributed by atoms with van der Waals surface area (Å²) >= 11 is 1.69. The van der Waals surface area contributed by atoms with Crippen LogP contribution in [0.5, 0.6) is 17.2 Å². The molecule has 2 aromatic carbocycles. The van der Waals surface area contributed by atoms with Crippen molar-refractivity contribution < 1.29 is 23.7 Å². The Hall–Kier alpha value is -4.15. The van der Waals surface area contributed by atoms with Crippen LogP contribution in [-0.2, 0) is 9.53 Å². The van der Waals surface area contributed by atoms with Crippen LogP contribution >= 0.6 is 11.3 Å². The molecule has 0 aliphatic carbocycles. The Morgan fingerprint density at radius 1 is 1.07 bits per heavy atom. The smallest absolute Gasteiger partial charge is 0.246 e. The summed E-state index contributed by atoms with van der Waals surface area (Å²) in [6.07, 6.45) is 4.48. The molecule has 10 heteroatoms. The van der Waals surface area contributed by atoms with E-state index in [1.807, 2.05) is 24.3 Å². The van der Waals surface area contributed by atoms with Gasteiger partial charge in [0.25, 0.3) is 0 Å². The number of carbonyl (C=O) groups excluding carboxylic acids is 1. The Labute approximate surface area is 236 Å². The van der Waals surface area contributed by atoms with Gasteiger partial charge in [-0.15, -0.1) is 11.3 Å². The van der Waals surface area contributed by atoms with Crippen molar-refractivity contribution in [2.75, 3.05) is 38.7 Å². The van der Waals surface area contributed by atoms with Crippen LogP contribution in [0, 0.1) is 0 Å². The van der Waals surface area contributed by atoms with Crippen LogP contribution in [0.1, 0.15) is 12.8 Å². The average molecular weight is 559 g/mol. The van der Waals surface area contributed by atoms with E-state index in [1.54, 1.807) is 23.3 Å². The molecule has 6 rings (SSSR count). The Morgan fingerprint density at radius 3 is 2.65 bits per heavy atom. The lowest BCUT2D eigenvalue weighted by Gasteiger charge is -2.38. The van der Waals surface area contributed by atoms with E-state index < -0.39 is 0 Å². The first-order valence-corrected chi connectivity index (χ1v) is 14.1. The molecule has 0 saturated carbocycles. The monoisotopic (exact) mass is 558 g/mol. The molecule has 0 bridgehead atoms. The Bertz CT molecular complexity index is 1510. The van der Waals surface area contributed by atoms with Crippen molar-refractivity contribution in [1.29, 1.82) is 0 Å². The van der Waals surface area contributed by atoms with Crippen LogP contribution in [0.3, 0.4) is 0 Å². The summed E-state index contributed by atoms with van der Waals surface area (Å²) < 4.78 is 23.8. The number of amides is 1. The number of hydrogen-bond donors (Lipinski definition) is 1. The highest BCUT2D eigenvalue weighted by atomic mass is 32.1. The number of aromatic nitrogens is 2. The van der Waals surface area contributed by atoms with E-state index in [2.05, 4.69) is 45.4 Å². The minimum atomic E-state index is -0.141. The molecule has 1 amide bonds. The van der Waals surface area contributed by atoms with E-state index in [1.165, 1.54) is 12.4 Å². The maximum Gasteiger partial charge on any atom is 0.246 e. The predicted octanol–water partition coefficient (Wildman–Crippen LogP) is 5.44. The number of likely N-dealkylation sites (tertiary alicyclic amines) is 1. The highest BCUT2D eigenvalue weighted by molar-refractivity contribution is 7.13. The highest BCUT2D eigenvalue weighted by Gasteiger charge is 2.32. The van der Waals surface area contributed by atoms with Gasteiger partial charge in [-0.2, -0.15) is 0 Å². The van der Waals surface area contributed by atoms with Gasteiger partial charge in [-0.1, -0.05) is 12.6 Å². The first-order chi connectivity index (χ1) is 19.6. The number of benzene rings is 2. The second-order valence-corrected chi connectivity index (χ2v) is 10.6. The summed E-state index contributed by atoms with van der Waals surface area (Å²) in [6, 6.07) is 14.1. The standard InChI is InChI=1S/C30H30N4O5S/c1-3-29(35)34-16-21(17-34)39-27-14-22-23(15-26(27)36-2)31-18-32-30(22)33-24-13-19(28-5-4-12-40-28)6-7-25(24)38-20-8-10-37-11-9-20/h3-7,12-15,18,20-21H,1,8-11,16-17H2,2H3,(H,31,32,33). The van der Waals surface area contributed by atoms with E-state index in [-0.39, 0.29) is 18.1 Å². The van der Waals surface area contributed by atoms with Crippen LogP contribution in [0.15, 0.2) is 66.8 Å². The van der Waals surface area contributed by atoms with Crippen LogP contribution in [-0.4, -0.2) is 66.4 Å². The number of hydrogen-bond acceptors (Lipinski definition) is 9. The zero-order chi connectivity index (χ0) is 27.5. The van der Waals surface area contributed by atoms with Crippen molar-refractivity contribution in [3.05, 3.63) is 66.8 Å². The number of anilines is 2. The van der Waals surface area contributed by atoms with Crippen LogP contribution in [0.25, 0.3) is 21.3 Å². The lowest BCUT2D eigenvalue weighted by molar-refractivity contribution is -0.134.